The highest BCUT2D eigenvalue weighted by molar-refractivity contribution is 6.41. The zero-order chi connectivity index (χ0) is 16.4. The van der Waals surface area contributed by atoms with Crippen LogP contribution in [0.4, 0.5) is 4.39 Å². The smallest absolute Gasteiger partial charge is 0.268 e. The van der Waals surface area contributed by atoms with Gasteiger partial charge in [-0.3, -0.25) is 4.79 Å². The van der Waals surface area contributed by atoms with Gasteiger partial charge in [-0.05, 0) is 30.7 Å². The van der Waals surface area contributed by atoms with Crippen LogP contribution in [0.25, 0.3) is 0 Å². The molecule has 1 amide bonds. The van der Waals surface area contributed by atoms with Gasteiger partial charge in [0.05, 0.1) is 17.2 Å². The number of rotatable bonds is 4. The molecule has 0 radical (unpaired) electrons. The van der Waals surface area contributed by atoms with Crippen LogP contribution in [0.2, 0.25) is 10.2 Å². The molecule has 0 aliphatic carbocycles. The third-order valence-corrected chi connectivity index (χ3v) is 4.23. The molecule has 2 rings (SSSR count). The molecule has 0 aliphatic rings. The first-order valence-corrected chi connectivity index (χ1v) is 7.32. The van der Waals surface area contributed by atoms with E-state index in [4.69, 9.17) is 23.2 Å². The zero-order valence-electron chi connectivity index (χ0n) is 12.0. The molecular weight excluding hydrogens is 330 g/mol. The molecule has 1 aromatic carbocycles. The van der Waals surface area contributed by atoms with E-state index >= 15 is 0 Å². The monoisotopic (exact) mass is 344 g/mol. The van der Waals surface area contributed by atoms with Gasteiger partial charge in [0.15, 0.2) is 0 Å². The van der Waals surface area contributed by atoms with Gasteiger partial charge in [-0.25, -0.2) is 4.39 Å². The minimum absolute atomic E-state index is 0.263. The highest BCUT2D eigenvalue weighted by atomic mass is 35.5. The van der Waals surface area contributed by atoms with Crippen molar-refractivity contribution in [3.63, 3.8) is 0 Å². The molecule has 0 saturated carbocycles. The number of nitrogens with one attached hydrogen (secondary N) is 1. The first-order valence-electron chi connectivity index (χ1n) is 6.56. The average molecular weight is 345 g/mol. The molecular formula is C15H15Cl2FN2O2. The molecule has 2 N–H and O–H groups in total. The van der Waals surface area contributed by atoms with E-state index < -0.39 is 18.1 Å². The van der Waals surface area contributed by atoms with E-state index in [0.717, 1.165) is 0 Å². The number of aliphatic hydroxyl groups excluding tert-OH is 1. The van der Waals surface area contributed by atoms with Crippen molar-refractivity contribution in [1.29, 1.82) is 0 Å². The third-order valence-electron chi connectivity index (χ3n) is 3.39. The van der Waals surface area contributed by atoms with Gasteiger partial charge in [-0.2, -0.15) is 0 Å². The fraction of sp³-hybridized carbons (Fsp3) is 0.267. The second kappa shape index (κ2) is 6.69. The maximum absolute atomic E-state index is 12.9. The Kier molecular flexibility index (Phi) is 5.11. The number of hydrogen-bond acceptors (Lipinski definition) is 2. The molecule has 4 nitrogen and oxygen atoms in total. The Hall–Kier alpha value is -1.56. The quantitative estimate of drug-likeness (QED) is 0.893. The summed E-state index contributed by atoms with van der Waals surface area (Å²) >= 11 is 11.8. The van der Waals surface area contributed by atoms with Crippen molar-refractivity contribution in [3.8, 4) is 0 Å². The lowest BCUT2D eigenvalue weighted by atomic mass is 10.0. The van der Waals surface area contributed by atoms with Crippen LogP contribution < -0.4 is 5.32 Å². The van der Waals surface area contributed by atoms with Crippen molar-refractivity contribution < 1.29 is 14.3 Å². The van der Waals surface area contributed by atoms with Crippen LogP contribution in [0.15, 0.2) is 30.3 Å². The van der Waals surface area contributed by atoms with E-state index in [0.29, 0.717) is 5.56 Å². The summed E-state index contributed by atoms with van der Waals surface area (Å²) in [6.07, 6.45) is -0.962. The van der Waals surface area contributed by atoms with E-state index in [1.807, 2.05) is 0 Å². The summed E-state index contributed by atoms with van der Waals surface area (Å²) in [6.45, 7) is 1.65. The summed E-state index contributed by atoms with van der Waals surface area (Å²) in [4.78, 5) is 12.2. The van der Waals surface area contributed by atoms with E-state index in [1.165, 1.54) is 34.9 Å². The molecule has 2 unspecified atom stereocenters. The number of aliphatic hydroxyl groups is 1. The van der Waals surface area contributed by atoms with Crippen LogP contribution in [-0.4, -0.2) is 21.6 Å². The fourth-order valence-corrected chi connectivity index (χ4v) is 2.44. The van der Waals surface area contributed by atoms with Gasteiger partial charge in [0, 0.05) is 7.05 Å². The van der Waals surface area contributed by atoms with Crippen LogP contribution in [0.1, 0.15) is 29.1 Å². The standard InChI is InChI=1S/C15H15Cl2FN2O2/c1-8(13(21)9-3-5-10(18)6-4-9)19-15(22)12-7-11(16)14(17)20(12)2/h3-8,13,21H,1-2H3,(H,19,22). The maximum Gasteiger partial charge on any atom is 0.268 e. The Balaban J connectivity index is 2.10. The second-order valence-electron chi connectivity index (χ2n) is 4.99. The topological polar surface area (TPSA) is 54.3 Å². The summed E-state index contributed by atoms with van der Waals surface area (Å²) in [5.74, 6) is -0.800. The molecule has 0 spiro atoms. The number of nitrogens with zero attached hydrogens (tertiary/aromatic N) is 1. The van der Waals surface area contributed by atoms with Gasteiger partial charge in [0.2, 0.25) is 0 Å². The minimum Gasteiger partial charge on any atom is -0.386 e. The van der Waals surface area contributed by atoms with Crippen molar-refractivity contribution in [2.75, 3.05) is 0 Å². The van der Waals surface area contributed by atoms with Crippen molar-refractivity contribution in [1.82, 2.24) is 9.88 Å². The molecule has 1 heterocycles. The zero-order valence-corrected chi connectivity index (χ0v) is 13.5. The molecule has 2 aromatic rings. The summed E-state index contributed by atoms with van der Waals surface area (Å²) < 4.78 is 14.3. The number of benzene rings is 1. The SMILES string of the molecule is CC(NC(=O)c1cc(Cl)c(Cl)n1C)C(O)c1ccc(F)cc1. The highest BCUT2D eigenvalue weighted by Gasteiger charge is 2.22. The predicted octanol–water partition coefficient (Wildman–Crippen LogP) is 3.32. The van der Waals surface area contributed by atoms with Gasteiger partial charge < -0.3 is 15.0 Å². The number of aromatic nitrogens is 1. The highest BCUT2D eigenvalue weighted by Crippen LogP contribution is 2.25. The number of hydrogen-bond donors (Lipinski definition) is 2. The van der Waals surface area contributed by atoms with Crippen molar-refractivity contribution in [2.24, 2.45) is 7.05 Å². The van der Waals surface area contributed by atoms with E-state index in [2.05, 4.69) is 5.32 Å². The molecule has 0 fully saturated rings. The summed E-state index contributed by atoms with van der Waals surface area (Å²) in [5.41, 5.74) is 0.797. The Bertz CT molecular complexity index is 686. The lowest BCUT2D eigenvalue weighted by Crippen LogP contribution is -2.37. The number of carbonyl (C=O) groups is 1. The molecule has 0 saturated heterocycles. The first-order chi connectivity index (χ1) is 10.3. The number of carbonyl (C=O) groups excluding carboxylic acids is 1. The van der Waals surface area contributed by atoms with Gasteiger partial charge in [-0.1, -0.05) is 35.3 Å². The Morgan fingerprint density at radius 2 is 1.91 bits per heavy atom. The maximum atomic E-state index is 12.9. The van der Waals surface area contributed by atoms with Gasteiger partial charge in [0.25, 0.3) is 5.91 Å². The van der Waals surface area contributed by atoms with Crippen LogP contribution in [0, 0.1) is 5.82 Å². The van der Waals surface area contributed by atoms with Crippen LogP contribution >= 0.6 is 23.2 Å². The second-order valence-corrected chi connectivity index (χ2v) is 5.75. The number of amides is 1. The van der Waals surface area contributed by atoms with Crippen LogP contribution in [-0.2, 0) is 7.05 Å². The molecule has 1 aromatic heterocycles. The van der Waals surface area contributed by atoms with Crippen molar-refractivity contribution in [3.05, 3.63) is 57.6 Å². The van der Waals surface area contributed by atoms with E-state index in [9.17, 15) is 14.3 Å². The minimum atomic E-state index is -0.962. The Morgan fingerprint density at radius 1 is 1.32 bits per heavy atom. The predicted molar refractivity (Wildman–Crippen MR) is 83.7 cm³/mol. The normalized spacial score (nSPS) is 13.7. The molecule has 7 heteroatoms. The van der Waals surface area contributed by atoms with Gasteiger partial charge >= 0.3 is 0 Å². The van der Waals surface area contributed by atoms with Gasteiger partial charge in [-0.15, -0.1) is 0 Å². The number of halogens is 3. The third kappa shape index (κ3) is 3.43. The lowest BCUT2D eigenvalue weighted by Gasteiger charge is -2.20. The van der Waals surface area contributed by atoms with Crippen molar-refractivity contribution >= 4 is 29.1 Å². The molecule has 2 atom stereocenters. The summed E-state index contributed by atoms with van der Waals surface area (Å²) in [7, 11) is 1.62. The van der Waals surface area contributed by atoms with Crippen LogP contribution in [0.3, 0.4) is 0 Å². The van der Waals surface area contributed by atoms with Gasteiger partial charge in [0.1, 0.15) is 16.7 Å². The Morgan fingerprint density at radius 3 is 2.41 bits per heavy atom. The van der Waals surface area contributed by atoms with Crippen LogP contribution in [0.5, 0.6) is 0 Å². The van der Waals surface area contributed by atoms with Crippen molar-refractivity contribution in [2.45, 2.75) is 19.1 Å². The largest absolute Gasteiger partial charge is 0.386 e. The van der Waals surface area contributed by atoms with E-state index in [1.54, 1.807) is 14.0 Å². The fourth-order valence-electron chi connectivity index (χ4n) is 2.07. The molecule has 22 heavy (non-hydrogen) atoms. The summed E-state index contributed by atoms with van der Waals surface area (Å²) in [5, 5.41) is 13.4. The molecule has 118 valence electrons. The summed E-state index contributed by atoms with van der Waals surface area (Å²) in [6, 6.07) is 6.33. The molecule has 0 aliphatic heterocycles. The first kappa shape index (κ1) is 16.8. The van der Waals surface area contributed by atoms with E-state index in [-0.39, 0.29) is 21.7 Å². The average Bonchev–Trinajstić information content (AvgIpc) is 2.75. The Labute approximate surface area is 137 Å². The lowest BCUT2D eigenvalue weighted by molar-refractivity contribution is 0.0844. The molecule has 0 bridgehead atoms.